The molecule has 1 amide bonds. The maximum atomic E-state index is 12.7. The normalized spacial score (nSPS) is 10.7. The molecule has 2 aromatic carbocycles. The van der Waals surface area contributed by atoms with Gasteiger partial charge in [-0.25, -0.2) is 9.67 Å². The Morgan fingerprint density at radius 3 is 2.45 bits per heavy atom. The molecule has 0 atom stereocenters. The van der Waals surface area contributed by atoms with Gasteiger partial charge in [-0.1, -0.05) is 48.5 Å². The van der Waals surface area contributed by atoms with Gasteiger partial charge < -0.3 is 5.32 Å². The van der Waals surface area contributed by atoms with Crippen molar-refractivity contribution in [1.82, 2.24) is 20.1 Å². The molecular weight excluding hydrogens is 380 g/mol. The van der Waals surface area contributed by atoms with Crippen molar-refractivity contribution in [2.75, 3.05) is 6.26 Å². The van der Waals surface area contributed by atoms with Crippen LogP contribution in [0.3, 0.4) is 0 Å². The number of hydrogen-bond donors (Lipinski definition) is 1. The Morgan fingerprint density at radius 1 is 1.00 bits per heavy atom. The molecule has 0 bridgehead atoms. The van der Waals surface area contributed by atoms with E-state index < -0.39 is 0 Å². The van der Waals surface area contributed by atoms with Crippen LogP contribution in [0.4, 0.5) is 0 Å². The Balaban J connectivity index is 1.64. The zero-order valence-electron chi connectivity index (χ0n) is 15.9. The van der Waals surface area contributed by atoms with Gasteiger partial charge in [-0.05, 0) is 30.5 Å². The first kappa shape index (κ1) is 19.0. The number of nitrogens with zero attached hydrogens (tertiary/aromatic N) is 3. The molecule has 0 aliphatic heterocycles. The van der Waals surface area contributed by atoms with E-state index >= 15 is 0 Å². The second-order valence-electron chi connectivity index (χ2n) is 6.39. The number of pyridine rings is 1. The minimum absolute atomic E-state index is 0.145. The van der Waals surface area contributed by atoms with E-state index in [0.717, 1.165) is 22.5 Å². The molecule has 0 aliphatic carbocycles. The first-order valence-electron chi connectivity index (χ1n) is 9.23. The summed E-state index contributed by atoms with van der Waals surface area (Å²) in [5.41, 5.74) is 4.36. The van der Waals surface area contributed by atoms with E-state index in [1.165, 1.54) is 11.8 Å². The summed E-state index contributed by atoms with van der Waals surface area (Å²) in [6.07, 6.45) is 5.58. The molecule has 2 aromatic heterocycles. The quantitative estimate of drug-likeness (QED) is 0.481. The van der Waals surface area contributed by atoms with Crippen molar-refractivity contribution in [3.8, 4) is 16.9 Å². The lowest BCUT2D eigenvalue weighted by Gasteiger charge is -2.08. The van der Waals surface area contributed by atoms with Crippen LogP contribution >= 0.6 is 11.8 Å². The van der Waals surface area contributed by atoms with Crippen LogP contribution in [0.1, 0.15) is 15.9 Å². The molecule has 1 N–H and O–H groups in total. The van der Waals surface area contributed by atoms with Gasteiger partial charge in [0.25, 0.3) is 5.91 Å². The SMILES string of the molecule is CSc1ncccc1C(=O)NCc1cn(-c2ccccc2)nc1-c1ccccc1. The van der Waals surface area contributed by atoms with Gasteiger partial charge in [-0.15, -0.1) is 11.8 Å². The maximum Gasteiger partial charge on any atom is 0.254 e. The second-order valence-corrected chi connectivity index (χ2v) is 7.19. The van der Waals surface area contributed by atoms with E-state index in [-0.39, 0.29) is 5.91 Å². The molecule has 144 valence electrons. The average Bonchev–Trinajstić information content (AvgIpc) is 3.23. The Bertz CT molecular complexity index is 1110. The number of nitrogens with one attached hydrogen (secondary N) is 1. The number of carbonyl (C=O) groups is 1. The summed E-state index contributed by atoms with van der Waals surface area (Å²) in [5, 5.41) is 8.52. The van der Waals surface area contributed by atoms with Crippen molar-refractivity contribution >= 4 is 17.7 Å². The van der Waals surface area contributed by atoms with Crippen LogP contribution in [0.15, 0.2) is 90.2 Å². The van der Waals surface area contributed by atoms with Gasteiger partial charge in [0.1, 0.15) is 5.03 Å². The molecule has 0 fully saturated rings. The van der Waals surface area contributed by atoms with E-state index in [9.17, 15) is 4.79 Å². The molecule has 0 saturated carbocycles. The number of carbonyl (C=O) groups excluding carboxylic acids is 1. The Labute approximate surface area is 173 Å². The van der Waals surface area contributed by atoms with Crippen molar-refractivity contribution in [3.63, 3.8) is 0 Å². The van der Waals surface area contributed by atoms with Crippen LogP contribution in [0.2, 0.25) is 0 Å². The van der Waals surface area contributed by atoms with Gasteiger partial charge in [0.2, 0.25) is 0 Å². The summed E-state index contributed by atoms with van der Waals surface area (Å²) >= 11 is 1.46. The standard InChI is InChI=1S/C23H20N4OS/c1-29-23-20(13-8-14-24-23)22(28)25-15-18-16-27(19-11-6-3-7-12-19)26-21(18)17-9-4-2-5-10-17/h2-14,16H,15H2,1H3,(H,25,28). The zero-order valence-corrected chi connectivity index (χ0v) is 16.8. The molecule has 6 heteroatoms. The summed E-state index contributed by atoms with van der Waals surface area (Å²) in [4.78, 5) is 17.0. The minimum atomic E-state index is -0.145. The number of thioether (sulfide) groups is 1. The number of benzene rings is 2. The van der Waals surface area contributed by atoms with Crippen LogP contribution in [-0.2, 0) is 6.54 Å². The first-order valence-corrected chi connectivity index (χ1v) is 10.5. The van der Waals surface area contributed by atoms with Crippen molar-refractivity contribution in [1.29, 1.82) is 0 Å². The van der Waals surface area contributed by atoms with Gasteiger partial charge in [0.15, 0.2) is 0 Å². The number of hydrogen-bond acceptors (Lipinski definition) is 4. The maximum absolute atomic E-state index is 12.7. The van der Waals surface area contributed by atoms with E-state index in [0.29, 0.717) is 17.1 Å². The van der Waals surface area contributed by atoms with Gasteiger partial charge in [-0.2, -0.15) is 5.10 Å². The number of para-hydroxylation sites is 1. The Kier molecular flexibility index (Phi) is 5.72. The molecule has 5 nitrogen and oxygen atoms in total. The van der Waals surface area contributed by atoms with Crippen LogP contribution in [0.25, 0.3) is 16.9 Å². The van der Waals surface area contributed by atoms with Gasteiger partial charge in [0, 0.05) is 30.1 Å². The lowest BCUT2D eigenvalue weighted by Crippen LogP contribution is -2.23. The fraction of sp³-hybridized carbons (Fsp3) is 0.0870. The van der Waals surface area contributed by atoms with Crippen molar-refractivity contribution in [2.24, 2.45) is 0 Å². The second kappa shape index (κ2) is 8.75. The summed E-state index contributed by atoms with van der Waals surface area (Å²) in [7, 11) is 0. The van der Waals surface area contributed by atoms with E-state index in [1.807, 2.05) is 77.8 Å². The molecular formula is C23H20N4OS. The smallest absolute Gasteiger partial charge is 0.254 e. The van der Waals surface area contributed by atoms with Crippen molar-refractivity contribution in [3.05, 3.63) is 96.3 Å². The fourth-order valence-corrected chi connectivity index (χ4v) is 3.64. The highest BCUT2D eigenvalue weighted by molar-refractivity contribution is 7.98. The third kappa shape index (κ3) is 4.22. The summed E-state index contributed by atoms with van der Waals surface area (Å²) < 4.78 is 1.85. The van der Waals surface area contributed by atoms with Crippen molar-refractivity contribution < 1.29 is 4.79 Å². The zero-order chi connectivity index (χ0) is 20.1. The molecule has 4 aromatic rings. The van der Waals surface area contributed by atoms with Crippen LogP contribution in [-0.4, -0.2) is 26.9 Å². The van der Waals surface area contributed by atoms with E-state index in [1.54, 1.807) is 18.3 Å². The van der Waals surface area contributed by atoms with Crippen LogP contribution in [0, 0.1) is 0 Å². The van der Waals surface area contributed by atoms with Crippen LogP contribution < -0.4 is 5.32 Å². The third-order valence-corrected chi connectivity index (χ3v) is 5.22. The number of aromatic nitrogens is 3. The van der Waals surface area contributed by atoms with Crippen LogP contribution in [0.5, 0.6) is 0 Å². The van der Waals surface area contributed by atoms with Gasteiger partial charge >= 0.3 is 0 Å². The van der Waals surface area contributed by atoms with Crippen molar-refractivity contribution in [2.45, 2.75) is 11.6 Å². The lowest BCUT2D eigenvalue weighted by atomic mass is 10.1. The highest BCUT2D eigenvalue weighted by Crippen LogP contribution is 2.24. The lowest BCUT2D eigenvalue weighted by molar-refractivity contribution is 0.0947. The number of amides is 1. The van der Waals surface area contributed by atoms with Gasteiger partial charge in [-0.3, -0.25) is 4.79 Å². The Hall–Kier alpha value is -3.38. The molecule has 29 heavy (non-hydrogen) atoms. The average molecular weight is 401 g/mol. The van der Waals surface area contributed by atoms with E-state index in [2.05, 4.69) is 10.3 Å². The first-order chi connectivity index (χ1) is 14.3. The largest absolute Gasteiger partial charge is 0.348 e. The predicted octanol–water partition coefficient (Wildman–Crippen LogP) is 4.59. The van der Waals surface area contributed by atoms with Gasteiger partial charge in [0.05, 0.1) is 16.9 Å². The summed E-state index contributed by atoms with van der Waals surface area (Å²) in [6.45, 7) is 0.374. The molecule has 2 heterocycles. The molecule has 0 spiro atoms. The third-order valence-electron chi connectivity index (χ3n) is 4.51. The Morgan fingerprint density at radius 2 is 1.72 bits per heavy atom. The topological polar surface area (TPSA) is 59.8 Å². The highest BCUT2D eigenvalue weighted by atomic mass is 32.2. The monoisotopic (exact) mass is 400 g/mol. The minimum Gasteiger partial charge on any atom is -0.348 e. The van der Waals surface area contributed by atoms with E-state index in [4.69, 9.17) is 5.10 Å². The summed E-state index contributed by atoms with van der Waals surface area (Å²) in [6, 6.07) is 23.5. The molecule has 0 unspecified atom stereocenters. The predicted molar refractivity (Wildman–Crippen MR) is 116 cm³/mol. The fourth-order valence-electron chi connectivity index (χ4n) is 3.09. The molecule has 0 saturated heterocycles. The molecule has 0 aliphatic rings. The highest BCUT2D eigenvalue weighted by Gasteiger charge is 2.15. The number of rotatable bonds is 6. The summed E-state index contributed by atoms with van der Waals surface area (Å²) in [5.74, 6) is -0.145. The molecule has 4 rings (SSSR count). The molecule has 0 radical (unpaired) electrons.